The normalized spacial score (nSPS) is 11.8. The van der Waals surface area contributed by atoms with Crippen molar-refractivity contribution in [1.29, 1.82) is 0 Å². The van der Waals surface area contributed by atoms with Crippen LogP contribution in [0.1, 0.15) is 16.9 Å². The Morgan fingerprint density at radius 2 is 1.56 bits per heavy atom. The fourth-order valence-electron chi connectivity index (χ4n) is 2.87. The fraction of sp³-hybridized carbons (Fsp3) is 0.167. The van der Waals surface area contributed by atoms with Gasteiger partial charge in [-0.1, -0.05) is 0 Å². The second-order valence-electron chi connectivity index (χ2n) is 5.84. The van der Waals surface area contributed by atoms with Crippen molar-refractivity contribution in [3.63, 3.8) is 0 Å². The molecule has 0 amide bonds. The first-order chi connectivity index (χ1) is 11.6. The molecule has 2 aromatic rings. The van der Waals surface area contributed by atoms with E-state index in [0.717, 1.165) is 39.0 Å². The number of aryl methyl sites for hydroxylation is 3. The van der Waals surface area contributed by atoms with Crippen LogP contribution in [0.4, 0.5) is 0 Å². The summed E-state index contributed by atoms with van der Waals surface area (Å²) in [5.74, 6) is 1.80. The summed E-state index contributed by atoms with van der Waals surface area (Å²) in [5.41, 5.74) is 5.32. The largest absolute Gasteiger partial charge is 0.460 e. The zero-order valence-corrected chi connectivity index (χ0v) is 14.5. The summed E-state index contributed by atoms with van der Waals surface area (Å²) in [6.45, 7) is 6.18. The van der Waals surface area contributed by atoms with Crippen LogP contribution in [0, 0.1) is 31.0 Å². The monoisotopic (exact) mass is 362 g/mol. The summed E-state index contributed by atoms with van der Waals surface area (Å²) in [6.07, 6.45) is 0. The zero-order valence-electron chi connectivity index (χ0n) is 13.8. The van der Waals surface area contributed by atoms with Gasteiger partial charge in [-0.2, -0.15) is 0 Å². The van der Waals surface area contributed by atoms with Crippen LogP contribution in [0.25, 0.3) is 33.3 Å². The first-order valence-electron chi connectivity index (χ1n) is 7.41. The minimum atomic E-state index is -4.94. The van der Waals surface area contributed by atoms with Gasteiger partial charge >= 0.3 is 11.3 Å². The number of halogens is 1. The summed E-state index contributed by atoms with van der Waals surface area (Å²) in [7, 11) is -4.94. The molecular weight excluding hydrogens is 348 g/mol. The predicted octanol–water partition coefficient (Wildman–Crippen LogP) is 0.734. The first kappa shape index (κ1) is 17.6. The Labute approximate surface area is 145 Å². The van der Waals surface area contributed by atoms with E-state index in [1.165, 1.54) is 11.1 Å². The standard InChI is InChI=1S/C18H15O2.ClHO4/c1-10-4-6-15-14(8-10)17-16(20-15)7-5-11(2)13-9-12(3)19-18(13)17;2-1(3,4)5/h4-9H,1-3H3;(H,2,3,4,5)/q+1;/p-1. The number of furan rings is 2. The molecule has 0 atom stereocenters. The van der Waals surface area contributed by atoms with Crippen molar-refractivity contribution in [2.45, 2.75) is 20.8 Å². The fourth-order valence-corrected chi connectivity index (χ4v) is 2.87. The van der Waals surface area contributed by atoms with Gasteiger partial charge in [-0.25, -0.2) is 23.1 Å². The summed E-state index contributed by atoms with van der Waals surface area (Å²) < 4.78 is 45.9. The van der Waals surface area contributed by atoms with E-state index < -0.39 is 10.2 Å². The summed E-state index contributed by atoms with van der Waals surface area (Å²) >= 11 is 0. The highest BCUT2D eigenvalue weighted by molar-refractivity contribution is 6.07. The lowest BCUT2D eigenvalue weighted by atomic mass is 10.1. The third-order valence-corrected chi connectivity index (χ3v) is 3.86. The molecule has 0 saturated carbocycles. The maximum absolute atomic E-state index is 8.49. The van der Waals surface area contributed by atoms with Gasteiger partial charge in [0.1, 0.15) is 16.7 Å². The van der Waals surface area contributed by atoms with Crippen molar-refractivity contribution < 1.29 is 37.7 Å². The van der Waals surface area contributed by atoms with Crippen LogP contribution in [0.5, 0.6) is 0 Å². The first-order valence-corrected chi connectivity index (χ1v) is 8.64. The molecule has 0 bridgehead atoms. The average molecular weight is 363 g/mol. The number of benzene rings is 1. The highest BCUT2D eigenvalue weighted by atomic mass is 35.7. The van der Waals surface area contributed by atoms with Gasteiger partial charge in [-0.15, -0.1) is 10.2 Å². The van der Waals surface area contributed by atoms with Crippen molar-refractivity contribution >= 4 is 21.9 Å². The van der Waals surface area contributed by atoms with Crippen molar-refractivity contribution in [3.05, 3.63) is 53.3 Å². The SMILES string of the molecule is Cc1ccc2[o+]c3ccc(C)c4cc(C)oc4c-3c2c1.[O-][Cl+3]([O-])([O-])[O-]. The number of fused-ring (bicyclic) bond motifs is 5. The number of hydrogen-bond donors (Lipinski definition) is 0. The van der Waals surface area contributed by atoms with Gasteiger partial charge in [0.25, 0.3) is 0 Å². The lowest BCUT2D eigenvalue weighted by Gasteiger charge is -2.17. The molecule has 0 N–H and O–H groups in total. The maximum atomic E-state index is 8.49. The lowest BCUT2D eigenvalue weighted by Crippen LogP contribution is -2.68. The van der Waals surface area contributed by atoms with Gasteiger partial charge in [-0.3, -0.25) is 0 Å². The highest BCUT2D eigenvalue weighted by Crippen LogP contribution is 2.40. The molecule has 6 nitrogen and oxygen atoms in total. The molecule has 1 aromatic carbocycles. The molecule has 1 aliphatic carbocycles. The summed E-state index contributed by atoms with van der Waals surface area (Å²) in [5, 5.41) is 2.27. The molecule has 7 heteroatoms. The highest BCUT2D eigenvalue weighted by Gasteiger charge is 2.28. The van der Waals surface area contributed by atoms with E-state index in [4.69, 9.17) is 27.5 Å². The molecule has 0 radical (unpaired) electrons. The Balaban J connectivity index is 0.000000324. The second kappa shape index (κ2) is 6.25. The van der Waals surface area contributed by atoms with Gasteiger partial charge in [0, 0.05) is 17.5 Å². The molecule has 0 unspecified atom stereocenters. The van der Waals surface area contributed by atoms with Gasteiger partial charge < -0.3 is 4.42 Å². The van der Waals surface area contributed by atoms with Gasteiger partial charge in [0.05, 0.1) is 0 Å². The lowest BCUT2D eigenvalue weighted by molar-refractivity contribution is -2.00. The summed E-state index contributed by atoms with van der Waals surface area (Å²) in [4.78, 5) is 0. The quantitative estimate of drug-likeness (QED) is 0.426. The maximum Gasteiger partial charge on any atom is 0.365 e. The van der Waals surface area contributed by atoms with Gasteiger partial charge in [0.2, 0.25) is 0 Å². The van der Waals surface area contributed by atoms with Crippen LogP contribution in [0.2, 0.25) is 0 Å². The van der Waals surface area contributed by atoms with Crippen LogP contribution in [-0.2, 0) is 0 Å². The van der Waals surface area contributed by atoms with E-state index in [2.05, 4.69) is 38.1 Å². The Hall–Kier alpha value is -2.22. The van der Waals surface area contributed by atoms with Crippen LogP contribution in [0.3, 0.4) is 0 Å². The van der Waals surface area contributed by atoms with Crippen LogP contribution in [0.15, 0.2) is 45.2 Å². The molecule has 0 saturated heterocycles. The molecule has 2 aliphatic rings. The molecule has 0 spiro atoms. The molecule has 1 aromatic heterocycles. The minimum absolute atomic E-state index is 0.873. The second-order valence-corrected chi connectivity index (χ2v) is 6.59. The molecular formula is C18H15ClO6. The third-order valence-electron chi connectivity index (χ3n) is 3.86. The van der Waals surface area contributed by atoms with Crippen LogP contribution < -0.4 is 18.6 Å². The third kappa shape index (κ3) is 3.73. The molecule has 2 heterocycles. The van der Waals surface area contributed by atoms with E-state index in [-0.39, 0.29) is 0 Å². The Morgan fingerprint density at radius 1 is 0.880 bits per heavy atom. The molecule has 25 heavy (non-hydrogen) atoms. The van der Waals surface area contributed by atoms with Gasteiger partial charge in [-0.05, 0) is 56.2 Å². The minimum Gasteiger partial charge on any atom is -0.460 e. The predicted molar refractivity (Wildman–Crippen MR) is 81.2 cm³/mol. The van der Waals surface area contributed by atoms with Crippen molar-refractivity contribution in [2.24, 2.45) is 0 Å². The zero-order chi connectivity index (χ0) is 18.4. The van der Waals surface area contributed by atoms with Crippen LogP contribution >= 0.6 is 0 Å². The van der Waals surface area contributed by atoms with E-state index >= 15 is 0 Å². The van der Waals surface area contributed by atoms with Crippen molar-refractivity contribution in [1.82, 2.24) is 0 Å². The number of hydrogen-bond acceptors (Lipinski definition) is 5. The molecule has 130 valence electrons. The Morgan fingerprint density at radius 3 is 2.24 bits per heavy atom. The van der Waals surface area contributed by atoms with E-state index in [0.29, 0.717) is 0 Å². The topological polar surface area (TPSA) is 117 Å². The Bertz CT molecular complexity index is 1030. The smallest absolute Gasteiger partial charge is 0.365 e. The number of rotatable bonds is 0. The Kier molecular flexibility index (Phi) is 4.40. The van der Waals surface area contributed by atoms with Crippen molar-refractivity contribution in [3.8, 4) is 11.3 Å². The molecule has 4 rings (SSSR count). The van der Waals surface area contributed by atoms with Crippen LogP contribution in [-0.4, -0.2) is 0 Å². The van der Waals surface area contributed by atoms with E-state index in [9.17, 15) is 0 Å². The summed E-state index contributed by atoms with van der Waals surface area (Å²) in [6, 6.07) is 12.5. The molecule has 0 fully saturated rings. The average Bonchev–Trinajstić information content (AvgIpc) is 2.99. The van der Waals surface area contributed by atoms with Crippen molar-refractivity contribution in [2.75, 3.05) is 0 Å². The van der Waals surface area contributed by atoms with E-state index in [1.54, 1.807) is 0 Å². The van der Waals surface area contributed by atoms with E-state index in [1.807, 2.05) is 19.1 Å². The van der Waals surface area contributed by atoms with Gasteiger partial charge in [0.15, 0.2) is 5.58 Å². The molecule has 1 aliphatic heterocycles.